The van der Waals surface area contributed by atoms with Gasteiger partial charge in [-0.25, -0.2) is 0 Å². The van der Waals surface area contributed by atoms with E-state index in [-0.39, 0.29) is 0 Å². The molecule has 0 aromatic heterocycles. The van der Waals surface area contributed by atoms with Crippen LogP contribution < -0.4 is 0 Å². The van der Waals surface area contributed by atoms with Gasteiger partial charge in [-0.2, -0.15) is 0 Å². The molecule has 0 saturated heterocycles. The third kappa shape index (κ3) is 2.24. The summed E-state index contributed by atoms with van der Waals surface area (Å²) in [7, 11) is 0. The van der Waals surface area contributed by atoms with Gasteiger partial charge in [-0.05, 0) is 24.0 Å². The molecule has 0 amide bonds. The van der Waals surface area contributed by atoms with Gasteiger partial charge in [-0.15, -0.1) is 11.8 Å². The lowest BCUT2D eigenvalue weighted by Crippen LogP contribution is -2.06. The molecule has 1 heterocycles. The number of allylic oxidation sites excluding steroid dienone is 7. The van der Waals surface area contributed by atoms with Crippen molar-refractivity contribution >= 4 is 11.8 Å². The Hall–Kier alpha value is -1.47. The van der Waals surface area contributed by atoms with Crippen LogP contribution in [-0.2, 0) is 0 Å². The van der Waals surface area contributed by atoms with Crippen molar-refractivity contribution in [3.63, 3.8) is 0 Å². The molecule has 1 aromatic rings. The van der Waals surface area contributed by atoms with E-state index in [0.717, 1.165) is 0 Å². The molecule has 2 aliphatic carbocycles. The topological polar surface area (TPSA) is 0 Å². The fraction of sp³-hybridized carbons (Fsp3) is 0.300. The lowest BCUT2D eigenvalue weighted by Gasteiger charge is -2.20. The molecule has 0 saturated carbocycles. The van der Waals surface area contributed by atoms with Crippen LogP contribution in [0.15, 0.2) is 71.2 Å². The highest BCUT2D eigenvalue weighted by Gasteiger charge is 2.33. The second kappa shape index (κ2) is 5.38. The Bertz CT molecular complexity index is 675. The highest BCUT2D eigenvalue weighted by atomic mass is 32.2. The normalized spacial score (nSPS) is 27.2. The summed E-state index contributed by atoms with van der Waals surface area (Å²) < 4.78 is 0. The van der Waals surface area contributed by atoms with Gasteiger partial charge in [0.25, 0.3) is 0 Å². The van der Waals surface area contributed by atoms with Gasteiger partial charge in [0, 0.05) is 22.0 Å². The second-order valence-corrected chi connectivity index (χ2v) is 7.26. The molecule has 4 rings (SSSR count). The Kier molecular flexibility index (Phi) is 3.39. The second-order valence-electron chi connectivity index (χ2n) is 6.07. The molecule has 0 bridgehead atoms. The van der Waals surface area contributed by atoms with Crippen LogP contribution in [-0.4, -0.2) is 5.25 Å². The van der Waals surface area contributed by atoms with E-state index in [0.29, 0.717) is 17.1 Å². The monoisotopic (exact) mass is 292 g/mol. The fourth-order valence-corrected chi connectivity index (χ4v) is 5.16. The molecule has 0 spiro atoms. The van der Waals surface area contributed by atoms with Crippen molar-refractivity contribution in [1.29, 1.82) is 0 Å². The molecule has 21 heavy (non-hydrogen) atoms. The standard InChI is InChI=1S/C20H20S/c1-14(15-8-3-2-4-9-15)16-11-7-12-18-17-10-5-6-13-19(17)21-20(16)18/h2-3,5-8,10-14,17,19H,4,9H2,1H3/t14-,17?,19?/m0/s1. The van der Waals surface area contributed by atoms with Crippen LogP contribution in [0.2, 0.25) is 0 Å². The Morgan fingerprint density at radius 1 is 1.14 bits per heavy atom. The first kappa shape index (κ1) is 13.2. The molecule has 1 heteroatoms. The third-order valence-electron chi connectivity index (χ3n) is 4.84. The minimum absolute atomic E-state index is 0.533. The molecule has 1 aromatic carbocycles. The summed E-state index contributed by atoms with van der Waals surface area (Å²) in [5.41, 5.74) is 4.63. The molecule has 0 radical (unpaired) electrons. The van der Waals surface area contributed by atoms with Crippen LogP contribution in [0.4, 0.5) is 0 Å². The molecule has 2 unspecified atom stereocenters. The number of benzene rings is 1. The average Bonchev–Trinajstić information content (AvgIpc) is 2.94. The Morgan fingerprint density at radius 2 is 2.05 bits per heavy atom. The molecule has 0 fully saturated rings. The predicted molar refractivity (Wildman–Crippen MR) is 92.0 cm³/mol. The van der Waals surface area contributed by atoms with Crippen LogP contribution in [0, 0.1) is 0 Å². The van der Waals surface area contributed by atoms with E-state index >= 15 is 0 Å². The van der Waals surface area contributed by atoms with Crippen molar-refractivity contribution in [3.8, 4) is 0 Å². The minimum Gasteiger partial charge on any atom is -0.117 e. The molecule has 0 nitrogen and oxygen atoms in total. The zero-order valence-electron chi connectivity index (χ0n) is 12.3. The van der Waals surface area contributed by atoms with Crippen LogP contribution in [0.5, 0.6) is 0 Å². The molecule has 1 aliphatic heterocycles. The number of hydrogen-bond donors (Lipinski definition) is 0. The van der Waals surface area contributed by atoms with Crippen molar-refractivity contribution in [3.05, 3.63) is 77.4 Å². The van der Waals surface area contributed by atoms with Gasteiger partial charge < -0.3 is 0 Å². The van der Waals surface area contributed by atoms with Crippen molar-refractivity contribution in [2.24, 2.45) is 0 Å². The van der Waals surface area contributed by atoms with Crippen LogP contribution in [0.25, 0.3) is 0 Å². The lowest BCUT2D eigenvalue weighted by atomic mass is 9.85. The van der Waals surface area contributed by atoms with Gasteiger partial charge in [0.05, 0.1) is 0 Å². The first-order chi connectivity index (χ1) is 10.3. The highest BCUT2D eigenvalue weighted by molar-refractivity contribution is 8.00. The maximum atomic E-state index is 2.37. The SMILES string of the molecule is C[C@@H](C1=CC=CCC1)c1cccc2c1SC1C=CC=CC21. The molecule has 3 atom stereocenters. The minimum atomic E-state index is 0.533. The van der Waals surface area contributed by atoms with Gasteiger partial charge in [0.15, 0.2) is 0 Å². The largest absolute Gasteiger partial charge is 0.117 e. The van der Waals surface area contributed by atoms with Gasteiger partial charge in [0.1, 0.15) is 0 Å². The van der Waals surface area contributed by atoms with E-state index in [9.17, 15) is 0 Å². The highest BCUT2D eigenvalue weighted by Crippen LogP contribution is 2.51. The Balaban J connectivity index is 1.74. The summed E-state index contributed by atoms with van der Waals surface area (Å²) in [6.45, 7) is 2.37. The summed E-state index contributed by atoms with van der Waals surface area (Å²) in [5, 5.41) is 0.596. The van der Waals surface area contributed by atoms with E-state index in [1.165, 1.54) is 28.9 Å². The van der Waals surface area contributed by atoms with Gasteiger partial charge in [-0.3, -0.25) is 0 Å². The predicted octanol–water partition coefficient (Wildman–Crippen LogP) is 5.75. The fourth-order valence-electron chi connectivity index (χ4n) is 3.61. The summed E-state index contributed by atoms with van der Waals surface area (Å²) >= 11 is 2.06. The van der Waals surface area contributed by atoms with E-state index in [2.05, 4.69) is 79.4 Å². The van der Waals surface area contributed by atoms with Crippen LogP contribution in [0.1, 0.15) is 42.7 Å². The Morgan fingerprint density at radius 3 is 2.90 bits per heavy atom. The summed E-state index contributed by atoms with van der Waals surface area (Å²) in [6.07, 6.45) is 18.3. The van der Waals surface area contributed by atoms with Crippen LogP contribution in [0.3, 0.4) is 0 Å². The Labute approximate surface area is 131 Å². The molecule has 106 valence electrons. The molecule has 3 aliphatic rings. The van der Waals surface area contributed by atoms with E-state index in [1.807, 2.05) is 0 Å². The maximum absolute atomic E-state index is 2.37. The van der Waals surface area contributed by atoms with Gasteiger partial charge in [0.2, 0.25) is 0 Å². The van der Waals surface area contributed by atoms with E-state index in [4.69, 9.17) is 0 Å². The maximum Gasteiger partial charge on any atom is 0.0381 e. The molecule has 0 N–H and O–H groups in total. The first-order valence-corrected chi connectivity index (χ1v) is 8.72. The van der Waals surface area contributed by atoms with E-state index < -0.39 is 0 Å². The third-order valence-corrected chi connectivity index (χ3v) is 6.27. The smallest absolute Gasteiger partial charge is 0.0381 e. The summed E-state index contributed by atoms with van der Waals surface area (Å²) in [6, 6.07) is 6.90. The van der Waals surface area contributed by atoms with Gasteiger partial charge in [-0.1, -0.05) is 73.2 Å². The first-order valence-electron chi connectivity index (χ1n) is 7.84. The average molecular weight is 292 g/mol. The number of rotatable bonds is 2. The number of fused-ring (bicyclic) bond motifs is 3. The zero-order valence-corrected chi connectivity index (χ0v) is 13.1. The molecular weight excluding hydrogens is 272 g/mol. The van der Waals surface area contributed by atoms with Crippen molar-refractivity contribution in [1.82, 2.24) is 0 Å². The summed E-state index contributed by atoms with van der Waals surface area (Å²) in [4.78, 5) is 1.53. The van der Waals surface area contributed by atoms with Gasteiger partial charge >= 0.3 is 0 Å². The number of hydrogen-bond acceptors (Lipinski definition) is 1. The number of thioether (sulfide) groups is 1. The van der Waals surface area contributed by atoms with Crippen LogP contribution >= 0.6 is 11.8 Å². The lowest BCUT2D eigenvalue weighted by molar-refractivity contribution is 0.779. The summed E-state index contributed by atoms with van der Waals surface area (Å²) in [5.74, 6) is 1.10. The molecular formula is C20H20S. The van der Waals surface area contributed by atoms with Crippen molar-refractivity contribution in [2.75, 3.05) is 0 Å². The van der Waals surface area contributed by atoms with E-state index in [1.54, 1.807) is 5.57 Å². The van der Waals surface area contributed by atoms with Crippen molar-refractivity contribution < 1.29 is 0 Å². The van der Waals surface area contributed by atoms with Crippen molar-refractivity contribution in [2.45, 2.75) is 41.7 Å². The zero-order chi connectivity index (χ0) is 14.2. The quantitative estimate of drug-likeness (QED) is 0.668.